The van der Waals surface area contributed by atoms with Crippen LogP contribution in [0.2, 0.25) is 0 Å². The Balaban J connectivity index is 2.65. The number of hydrogen-bond acceptors (Lipinski definition) is 4. The summed E-state index contributed by atoms with van der Waals surface area (Å²) in [6.45, 7) is 7.41. The molecule has 0 radical (unpaired) electrons. The molecule has 2 atom stereocenters. The minimum Gasteiger partial charge on any atom is -0.467 e. The molecule has 0 aromatic rings. The molecular formula is C13H23NO4. The van der Waals surface area contributed by atoms with Crippen LogP contribution >= 0.6 is 0 Å². The number of amides is 1. The Morgan fingerprint density at radius 2 is 2.00 bits per heavy atom. The molecule has 1 aliphatic rings. The average molecular weight is 257 g/mol. The first-order valence-electron chi connectivity index (χ1n) is 6.34. The number of esters is 1. The second kappa shape index (κ2) is 5.16. The number of alkyl carbamates (subject to hydrolysis) is 1. The average Bonchev–Trinajstić information content (AvgIpc) is 2.89. The number of nitrogens with one attached hydrogen (secondary N) is 1. The van der Waals surface area contributed by atoms with Crippen molar-refractivity contribution in [2.45, 2.75) is 58.1 Å². The van der Waals surface area contributed by atoms with Crippen LogP contribution in [0.3, 0.4) is 0 Å². The van der Waals surface area contributed by atoms with Gasteiger partial charge in [0.2, 0.25) is 0 Å². The van der Waals surface area contributed by atoms with Crippen molar-refractivity contribution in [1.29, 1.82) is 0 Å². The van der Waals surface area contributed by atoms with Gasteiger partial charge in [-0.15, -0.1) is 0 Å². The monoisotopic (exact) mass is 257 g/mol. The lowest BCUT2D eigenvalue weighted by molar-refractivity contribution is -0.144. The highest BCUT2D eigenvalue weighted by molar-refractivity contribution is 5.89. The van der Waals surface area contributed by atoms with Gasteiger partial charge in [0.15, 0.2) is 0 Å². The van der Waals surface area contributed by atoms with E-state index >= 15 is 0 Å². The Morgan fingerprint density at radius 3 is 2.44 bits per heavy atom. The minimum atomic E-state index is -0.868. The predicted octanol–water partition coefficient (Wildman–Crippen LogP) is 2.24. The summed E-state index contributed by atoms with van der Waals surface area (Å²) in [7, 11) is 1.34. The van der Waals surface area contributed by atoms with E-state index in [1.54, 1.807) is 20.8 Å². The first kappa shape index (κ1) is 14.8. The van der Waals surface area contributed by atoms with Crippen LogP contribution < -0.4 is 5.32 Å². The van der Waals surface area contributed by atoms with Crippen molar-refractivity contribution in [2.75, 3.05) is 7.11 Å². The molecule has 1 saturated carbocycles. The normalized spacial score (nSPS) is 26.4. The van der Waals surface area contributed by atoms with Gasteiger partial charge in [-0.2, -0.15) is 0 Å². The molecule has 1 aliphatic carbocycles. The van der Waals surface area contributed by atoms with E-state index in [0.29, 0.717) is 6.42 Å². The largest absolute Gasteiger partial charge is 0.467 e. The van der Waals surface area contributed by atoms with Crippen molar-refractivity contribution in [3.63, 3.8) is 0 Å². The molecule has 0 heterocycles. The van der Waals surface area contributed by atoms with Crippen molar-refractivity contribution in [2.24, 2.45) is 5.92 Å². The van der Waals surface area contributed by atoms with Gasteiger partial charge in [0, 0.05) is 0 Å². The molecule has 1 rings (SSSR count). The third kappa shape index (κ3) is 3.37. The number of carbonyl (C=O) groups is 2. The molecule has 1 amide bonds. The molecule has 0 spiro atoms. The fourth-order valence-corrected chi connectivity index (χ4v) is 2.15. The molecule has 0 aromatic heterocycles. The lowest BCUT2D eigenvalue weighted by Gasteiger charge is -2.23. The van der Waals surface area contributed by atoms with Crippen molar-refractivity contribution in [1.82, 2.24) is 5.32 Å². The molecule has 0 saturated heterocycles. The van der Waals surface area contributed by atoms with Crippen molar-refractivity contribution in [3.8, 4) is 0 Å². The van der Waals surface area contributed by atoms with Crippen molar-refractivity contribution < 1.29 is 19.1 Å². The van der Waals surface area contributed by atoms with Gasteiger partial charge in [-0.1, -0.05) is 13.3 Å². The van der Waals surface area contributed by atoms with Gasteiger partial charge in [-0.3, -0.25) is 0 Å². The van der Waals surface area contributed by atoms with Gasteiger partial charge in [-0.25, -0.2) is 9.59 Å². The van der Waals surface area contributed by atoms with E-state index in [-0.39, 0.29) is 11.9 Å². The smallest absolute Gasteiger partial charge is 0.408 e. The Kier molecular flexibility index (Phi) is 4.24. The molecule has 0 unspecified atom stereocenters. The number of ether oxygens (including phenoxy) is 2. The summed E-state index contributed by atoms with van der Waals surface area (Å²) in [4.78, 5) is 23.5. The summed E-state index contributed by atoms with van der Waals surface area (Å²) in [5.74, 6) is -0.228. The summed E-state index contributed by atoms with van der Waals surface area (Å²) >= 11 is 0. The summed E-state index contributed by atoms with van der Waals surface area (Å²) < 4.78 is 9.95. The maximum Gasteiger partial charge on any atom is 0.408 e. The van der Waals surface area contributed by atoms with Gasteiger partial charge in [0.05, 0.1) is 7.11 Å². The van der Waals surface area contributed by atoms with Crippen LogP contribution in [0.25, 0.3) is 0 Å². The van der Waals surface area contributed by atoms with E-state index in [9.17, 15) is 9.59 Å². The van der Waals surface area contributed by atoms with Crippen molar-refractivity contribution in [3.05, 3.63) is 0 Å². The highest BCUT2D eigenvalue weighted by atomic mass is 16.6. The zero-order chi connectivity index (χ0) is 14.0. The number of hydrogen-bond donors (Lipinski definition) is 1. The van der Waals surface area contributed by atoms with Gasteiger partial charge >= 0.3 is 12.1 Å². The highest BCUT2D eigenvalue weighted by Crippen LogP contribution is 2.47. The van der Waals surface area contributed by atoms with Crippen LogP contribution in [0.1, 0.15) is 47.0 Å². The second-order valence-corrected chi connectivity index (χ2v) is 5.78. The van der Waals surface area contributed by atoms with E-state index in [2.05, 4.69) is 5.32 Å². The fraction of sp³-hybridized carbons (Fsp3) is 0.846. The van der Waals surface area contributed by atoms with Gasteiger partial charge in [0.1, 0.15) is 11.1 Å². The molecular weight excluding hydrogens is 234 g/mol. The van der Waals surface area contributed by atoms with Crippen LogP contribution in [-0.2, 0) is 14.3 Å². The maximum absolute atomic E-state index is 11.8. The Labute approximate surface area is 108 Å². The summed E-state index contributed by atoms with van der Waals surface area (Å²) in [5.41, 5.74) is -1.44. The summed E-state index contributed by atoms with van der Waals surface area (Å²) in [5, 5.41) is 2.67. The zero-order valence-corrected chi connectivity index (χ0v) is 11.8. The van der Waals surface area contributed by atoms with Crippen LogP contribution in [-0.4, -0.2) is 30.3 Å². The van der Waals surface area contributed by atoms with E-state index < -0.39 is 17.2 Å². The molecule has 0 bridgehead atoms. The molecule has 18 heavy (non-hydrogen) atoms. The van der Waals surface area contributed by atoms with Crippen LogP contribution in [0.5, 0.6) is 0 Å². The maximum atomic E-state index is 11.8. The Bertz CT molecular complexity index is 334. The molecule has 0 aliphatic heterocycles. The lowest BCUT2D eigenvalue weighted by atomic mass is 10.1. The van der Waals surface area contributed by atoms with Crippen LogP contribution in [0, 0.1) is 5.92 Å². The first-order chi connectivity index (χ1) is 8.25. The standard InChI is InChI=1S/C13H23NO4/c1-6-7-9-8-13(9,10(15)17-5)14-11(16)18-12(2,3)4/h9H,6-8H2,1-5H3,(H,14,16)/t9-,13+/m0/s1. The number of methoxy groups -OCH3 is 1. The molecule has 5 nitrogen and oxygen atoms in total. The number of rotatable bonds is 4. The van der Waals surface area contributed by atoms with Crippen LogP contribution in [0.15, 0.2) is 0 Å². The van der Waals surface area contributed by atoms with Crippen molar-refractivity contribution >= 4 is 12.1 Å². The molecule has 0 aromatic carbocycles. The molecule has 5 heteroatoms. The highest BCUT2D eigenvalue weighted by Gasteiger charge is 2.62. The molecule has 1 N–H and O–H groups in total. The predicted molar refractivity (Wildman–Crippen MR) is 67.1 cm³/mol. The SMILES string of the molecule is CCC[C@H]1C[C@]1(NC(=O)OC(C)(C)C)C(=O)OC. The first-order valence-corrected chi connectivity index (χ1v) is 6.34. The Morgan fingerprint density at radius 1 is 1.39 bits per heavy atom. The van der Waals surface area contributed by atoms with Gasteiger partial charge in [-0.05, 0) is 39.5 Å². The zero-order valence-electron chi connectivity index (χ0n) is 11.8. The topological polar surface area (TPSA) is 64.6 Å². The summed E-state index contributed by atoms with van der Waals surface area (Å²) in [6.07, 6.45) is 1.93. The fourth-order valence-electron chi connectivity index (χ4n) is 2.15. The Hall–Kier alpha value is -1.26. The quantitative estimate of drug-likeness (QED) is 0.784. The summed E-state index contributed by atoms with van der Waals surface area (Å²) in [6, 6.07) is 0. The minimum absolute atomic E-state index is 0.155. The van der Waals surface area contributed by atoms with E-state index in [4.69, 9.17) is 9.47 Å². The third-order valence-corrected chi connectivity index (χ3v) is 3.02. The van der Waals surface area contributed by atoms with E-state index in [1.165, 1.54) is 7.11 Å². The van der Waals surface area contributed by atoms with E-state index in [0.717, 1.165) is 12.8 Å². The lowest BCUT2D eigenvalue weighted by Crippen LogP contribution is -2.47. The third-order valence-electron chi connectivity index (χ3n) is 3.02. The van der Waals surface area contributed by atoms with Gasteiger partial charge in [0.25, 0.3) is 0 Å². The number of carbonyl (C=O) groups excluding carboxylic acids is 2. The second-order valence-electron chi connectivity index (χ2n) is 5.78. The van der Waals surface area contributed by atoms with Crippen LogP contribution in [0.4, 0.5) is 4.79 Å². The molecule has 104 valence electrons. The molecule has 1 fully saturated rings. The van der Waals surface area contributed by atoms with E-state index in [1.807, 2.05) is 6.92 Å². The van der Waals surface area contributed by atoms with Gasteiger partial charge < -0.3 is 14.8 Å².